The summed E-state index contributed by atoms with van der Waals surface area (Å²) >= 11 is 0. The van der Waals surface area contributed by atoms with Crippen molar-refractivity contribution in [2.45, 2.75) is 50.8 Å². The topological polar surface area (TPSA) is 154 Å². The Bertz CT molecular complexity index is 1180. The number of benzene rings is 2. The third-order valence-electron chi connectivity index (χ3n) is 6.45. The molecular weight excluding hydrogens is 466 g/mol. The average molecular weight is 498 g/mol. The summed E-state index contributed by atoms with van der Waals surface area (Å²) in [6.45, 7) is 6.33. The Labute approximate surface area is 209 Å². The van der Waals surface area contributed by atoms with Gasteiger partial charge in [-0.1, -0.05) is 38.1 Å². The SMILES string of the molecule is Cc1ccccc1C(C)(C)C1(NCCOC(=O)CC[C@H](N)C(=O)O)C=Cc2cc([N+](=O)[O-])ccc2O1. The number of hydrogen-bond donors (Lipinski definition) is 3. The Morgan fingerprint density at radius 1 is 1.28 bits per heavy atom. The van der Waals surface area contributed by atoms with Gasteiger partial charge in [-0.25, -0.2) is 0 Å². The van der Waals surface area contributed by atoms with E-state index in [0.29, 0.717) is 11.3 Å². The lowest BCUT2D eigenvalue weighted by atomic mass is 9.72. The minimum atomic E-state index is -1.17. The number of carbonyl (C=O) groups is 2. The molecule has 10 heteroatoms. The first-order chi connectivity index (χ1) is 17.0. The molecule has 0 spiro atoms. The van der Waals surface area contributed by atoms with Gasteiger partial charge in [0.1, 0.15) is 18.4 Å². The van der Waals surface area contributed by atoms with Gasteiger partial charge in [0.25, 0.3) is 5.69 Å². The maximum Gasteiger partial charge on any atom is 0.320 e. The van der Waals surface area contributed by atoms with Crippen LogP contribution in [0.1, 0.15) is 43.4 Å². The molecule has 10 nitrogen and oxygen atoms in total. The summed E-state index contributed by atoms with van der Waals surface area (Å²) < 4.78 is 11.8. The van der Waals surface area contributed by atoms with E-state index in [1.807, 2.05) is 51.1 Å². The van der Waals surface area contributed by atoms with Crippen LogP contribution in [0.5, 0.6) is 5.75 Å². The van der Waals surface area contributed by atoms with Crippen molar-refractivity contribution in [3.63, 3.8) is 0 Å². The lowest BCUT2D eigenvalue weighted by Crippen LogP contribution is -2.62. The first-order valence-corrected chi connectivity index (χ1v) is 11.6. The molecule has 2 atom stereocenters. The number of aryl methyl sites for hydroxylation is 1. The van der Waals surface area contributed by atoms with E-state index in [9.17, 15) is 19.7 Å². The molecule has 0 saturated heterocycles. The second-order valence-electron chi connectivity index (χ2n) is 9.22. The standard InChI is InChI=1S/C26H31N3O7/c1-17-6-4-5-7-20(17)25(2,3)26(28-14-15-35-23(30)11-9-21(27)24(31)32)13-12-18-16-19(29(33)34)8-10-22(18)36-26/h4-8,10,12-13,16,21,28H,9,11,14-15,27H2,1-3H3,(H,31,32)/t21-,26?/m0/s1. The maximum atomic E-state index is 12.0. The van der Waals surface area contributed by atoms with Gasteiger partial charge in [0, 0.05) is 36.1 Å². The number of nitro groups is 1. The number of rotatable bonds is 11. The van der Waals surface area contributed by atoms with Gasteiger partial charge in [-0.3, -0.25) is 25.0 Å². The van der Waals surface area contributed by atoms with Gasteiger partial charge in [0.15, 0.2) is 5.72 Å². The van der Waals surface area contributed by atoms with E-state index < -0.39 is 34.0 Å². The molecule has 0 bridgehead atoms. The second-order valence-corrected chi connectivity index (χ2v) is 9.22. The number of fused-ring (bicyclic) bond motifs is 1. The van der Waals surface area contributed by atoms with Crippen molar-refractivity contribution in [3.05, 3.63) is 75.3 Å². The number of nitrogens with zero attached hydrogens (tertiary/aromatic N) is 1. The van der Waals surface area contributed by atoms with Crippen LogP contribution in [-0.2, 0) is 19.7 Å². The summed E-state index contributed by atoms with van der Waals surface area (Å²) in [6.07, 6.45) is 3.51. The zero-order chi connectivity index (χ0) is 26.5. The van der Waals surface area contributed by atoms with Crippen molar-refractivity contribution in [1.82, 2.24) is 5.32 Å². The van der Waals surface area contributed by atoms with Crippen LogP contribution >= 0.6 is 0 Å². The highest BCUT2D eigenvalue weighted by molar-refractivity contribution is 5.75. The molecule has 3 rings (SSSR count). The summed E-state index contributed by atoms with van der Waals surface area (Å²) in [5.41, 5.74) is 6.40. The van der Waals surface area contributed by atoms with E-state index in [-0.39, 0.29) is 31.7 Å². The highest BCUT2D eigenvalue weighted by Gasteiger charge is 2.48. The highest BCUT2D eigenvalue weighted by Crippen LogP contribution is 2.43. The van der Waals surface area contributed by atoms with Crippen LogP contribution in [0.3, 0.4) is 0 Å². The van der Waals surface area contributed by atoms with Crippen molar-refractivity contribution >= 4 is 23.7 Å². The Balaban J connectivity index is 1.80. The molecule has 0 saturated carbocycles. The molecule has 1 unspecified atom stereocenters. The van der Waals surface area contributed by atoms with Crippen LogP contribution in [0.2, 0.25) is 0 Å². The van der Waals surface area contributed by atoms with E-state index in [2.05, 4.69) is 5.32 Å². The highest BCUT2D eigenvalue weighted by atomic mass is 16.6. The fraction of sp³-hybridized carbons (Fsp3) is 0.385. The molecule has 2 aromatic rings. The lowest BCUT2D eigenvalue weighted by molar-refractivity contribution is -0.384. The number of esters is 1. The second kappa shape index (κ2) is 10.9. The van der Waals surface area contributed by atoms with Gasteiger partial charge >= 0.3 is 11.9 Å². The van der Waals surface area contributed by atoms with Gasteiger partial charge in [0.05, 0.1) is 4.92 Å². The zero-order valence-electron chi connectivity index (χ0n) is 20.5. The Hall–Kier alpha value is -3.76. The molecular formula is C26H31N3O7. The monoisotopic (exact) mass is 497 g/mol. The van der Waals surface area contributed by atoms with Crippen molar-refractivity contribution in [2.24, 2.45) is 5.73 Å². The number of hydrogen-bond acceptors (Lipinski definition) is 8. The molecule has 0 radical (unpaired) electrons. The van der Waals surface area contributed by atoms with Crippen LogP contribution in [-0.4, -0.2) is 46.9 Å². The molecule has 36 heavy (non-hydrogen) atoms. The fourth-order valence-electron chi connectivity index (χ4n) is 4.28. The van der Waals surface area contributed by atoms with E-state index >= 15 is 0 Å². The summed E-state index contributed by atoms with van der Waals surface area (Å²) in [7, 11) is 0. The van der Waals surface area contributed by atoms with E-state index in [4.69, 9.17) is 20.3 Å². The fourth-order valence-corrected chi connectivity index (χ4v) is 4.28. The molecule has 2 aromatic carbocycles. The molecule has 192 valence electrons. The van der Waals surface area contributed by atoms with E-state index in [1.54, 1.807) is 12.1 Å². The Morgan fingerprint density at radius 3 is 2.67 bits per heavy atom. The van der Waals surface area contributed by atoms with Crippen LogP contribution in [0.15, 0.2) is 48.5 Å². The molecule has 1 aliphatic heterocycles. The van der Waals surface area contributed by atoms with E-state index in [1.165, 1.54) is 12.1 Å². The molecule has 0 aliphatic carbocycles. The van der Waals surface area contributed by atoms with Crippen LogP contribution < -0.4 is 15.8 Å². The van der Waals surface area contributed by atoms with Crippen LogP contribution in [0.25, 0.3) is 6.08 Å². The number of carbonyl (C=O) groups excluding carboxylic acids is 1. The predicted octanol–water partition coefficient (Wildman–Crippen LogP) is 3.31. The number of nitrogens with one attached hydrogen (secondary N) is 1. The lowest BCUT2D eigenvalue weighted by Gasteiger charge is -2.47. The number of nitro benzene ring substituents is 1. The summed E-state index contributed by atoms with van der Waals surface area (Å²) in [5, 5.41) is 23.4. The molecule has 0 amide bonds. The summed E-state index contributed by atoms with van der Waals surface area (Å²) in [4.78, 5) is 33.6. The van der Waals surface area contributed by atoms with Crippen molar-refractivity contribution in [2.75, 3.05) is 13.2 Å². The summed E-state index contributed by atoms with van der Waals surface area (Å²) in [6, 6.07) is 11.2. The number of carboxylic acids is 1. The Kier molecular flexibility index (Phi) is 8.11. The number of ether oxygens (including phenoxy) is 2. The van der Waals surface area contributed by atoms with Gasteiger partial charge in [-0.05, 0) is 42.7 Å². The number of nitrogens with two attached hydrogens (primary N) is 1. The normalized spacial score (nSPS) is 17.6. The zero-order valence-corrected chi connectivity index (χ0v) is 20.5. The predicted molar refractivity (Wildman–Crippen MR) is 134 cm³/mol. The number of carboxylic acid groups (broad SMARTS) is 1. The molecule has 4 N–H and O–H groups in total. The van der Waals surface area contributed by atoms with Crippen molar-refractivity contribution < 1.29 is 29.1 Å². The minimum Gasteiger partial charge on any atom is -0.480 e. The molecule has 1 aliphatic rings. The third-order valence-corrected chi connectivity index (χ3v) is 6.45. The molecule has 0 aromatic heterocycles. The van der Waals surface area contributed by atoms with Crippen LogP contribution in [0, 0.1) is 17.0 Å². The van der Waals surface area contributed by atoms with Crippen molar-refractivity contribution in [3.8, 4) is 5.75 Å². The van der Waals surface area contributed by atoms with Gasteiger partial charge in [-0.15, -0.1) is 0 Å². The smallest absolute Gasteiger partial charge is 0.320 e. The third kappa shape index (κ3) is 5.72. The van der Waals surface area contributed by atoms with Gasteiger partial charge < -0.3 is 20.3 Å². The maximum absolute atomic E-state index is 12.0. The van der Waals surface area contributed by atoms with Crippen LogP contribution in [0.4, 0.5) is 5.69 Å². The van der Waals surface area contributed by atoms with Gasteiger partial charge in [0.2, 0.25) is 0 Å². The molecule has 0 fully saturated rings. The minimum absolute atomic E-state index is 0.0133. The largest absolute Gasteiger partial charge is 0.480 e. The van der Waals surface area contributed by atoms with Crippen molar-refractivity contribution in [1.29, 1.82) is 0 Å². The number of non-ortho nitro benzene ring substituents is 1. The Morgan fingerprint density at radius 2 is 2.00 bits per heavy atom. The summed E-state index contributed by atoms with van der Waals surface area (Å²) in [5.74, 6) is -1.23. The van der Waals surface area contributed by atoms with Gasteiger partial charge in [-0.2, -0.15) is 0 Å². The first kappa shape index (κ1) is 26.8. The molecule has 1 heterocycles. The number of aliphatic carboxylic acids is 1. The quantitative estimate of drug-likeness (QED) is 0.184. The van der Waals surface area contributed by atoms with E-state index in [0.717, 1.165) is 11.1 Å². The average Bonchev–Trinajstić information content (AvgIpc) is 2.84. The first-order valence-electron chi connectivity index (χ1n) is 11.6.